The van der Waals surface area contributed by atoms with Gasteiger partial charge < -0.3 is 14.8 Å². The van der Waals surface area contributed by atoms with E-state index in [1.54, 1.807) is 0 Å². The number of benzene rings is 1. The van der Waals surface area contributed by atoms with Crippen molar-refractivity contribution in [2.24, 2.45) is 5.41 Å². The third kappa shape index (κ3) is 3.00. The van der Waals surface area contributed by atoms with Gasteiger partial charge in [0.15, 0.2) is 0 Å². The van der Waals surface area contributed by atoms with Crippen LogP contribution in [-0.2, 0) is 22.6 Å². The second-order valence-corrected chi connectivity index (χ2v) is 7.28. The van der Waals surface area contributed by atoms with Crippen molar-refractivity contribution in [3.63, 3.8) is 0 Å². The lowest BCUT2D eigenvalue weighted by molar-refractivity contribution is -0.138. The second kappa shape index (κ2) is 5.67. The fourth-order valence-corrected chi connectivity index (χ4v) is 3.95. The van der Waals surface area contributed by atoms with Crippen molar-refractivity contribution >= 4 is 38.8 Å². The molecule has 5 nitrogen and oxygen atoms in total. The van der Waals surface area contributed by atoms with Gasteiger partial charge in [-0.25, -0.2) is 0 Å². The molecule has 1 aliphatic rings. The highest BCUT2D eigenvalue weighted by molar-refractivity contribution is 9.10. The summed E-state index contributed by atoms with van der Waals surface area (Å²) in [6.07, 6.45) is 1.93. The molecule has 1 fully saturated rings. The van der Waals surface area contributed by atoms with E-state index in [4.69, 9.17) is 5.11 Å². The smallest absolute Gasteiger partial charge is 0.307 e. The molecule has 0 bridgehead atoms. The summed E-state index contributed by atoms with van der Waals surface area (Å²) in [5.74, 6) is -1.64. The Bertz CT molecular complexity index is 805. The lowest BCUT2D eigenvalue weighted by Crippen LogP contribution is -2.17. The van der Waals surface area contributed by atoms with Crippen LogP contribution in [0, 0.1) is 12.3 Å². The number of rotatable bonds is 6. The Morgan fingerprint density at radius 1 is 1.26 bits per heavy atom. The van der Waals surface area contributed by atoms with Crippen LogP contribution in [0.1, 0.15) is 30.5 Å². The molecule has 0 radical (unpaired) electrons. The van der Waals surface area contributed by atoms with Crippen LogP contribution in [0.5, 0.6) is 0 Å². The summed E-state index contributed by atoms with van der Waals surface area (Å²) in [4.78, 5) is 22.3. The summed E-state index contributed by atoms with van der Waals surface area (Å²) in [6, 6.07) is 5.79. The average molecular weight is 380 g/mol. The van der Waals surface area contributed by atoms with Crippen molar-refractivity contribution in [2.45, 2.75) is 39.2 Å². The van der Waals surface area contributed by atoms with Crippen LogP contribution in [0.25, 0.3) is 10.9 Å². The minimum Gasteiger partial charge on any atom is -0.481 e. The molecule has 1 aromatic carbocycles. The Balaban J connectivity index is 2.10. The highest BCUT2D eigenvalue weighted by atomic mass is 79.9. The molecule has 1 aromatic heterocycles. The van der Waals surface area contributed by atoms with E-state index in [1.807, 2.05) is 25.1 Å². The van der Waals surface area contributed by atoms with Crippen molar-refractivity contribution in [3.8, 4) is 0 Å². The van der Waals surface area contributed by atoms with Crippen LogP contribution in [0.4, 0.5) is 0 Å². The number of fused-ring (bicyclic) bond motifs is 1. The fourth-order valence-electron chi connectivity index (χ4n) is 3.36. The standard InChI is InChI=1S/C17H18BrNO4/c1-10-11(7-14(20)21)16-12(18)3-2-4-13(16)19(10)9-17(5-6-17)8-15(22)23/h2-4H,5-9H2,1H3,(H,20,21)(H,22,23). The van der Waals surface area contributed by atoms with E-state index < -0.39 is 11.9 Å². The molecule has 0 unspecified atom stereocenters. The molecule has 23 heavy (non-hydrogen) atoms. The van der Waals surface area contributed by atoms with Gasteiger partial charge in [-0.15, -0.1) is 0 Å². The van der Waals surface area contributed by atoms with Crippen molar-refractivity contribution < 1.29 is 19.8 Å². The molecule has 2 aromatic rings. The van der Waals surface area contributed by atoms with E-state index in [0.717, 1.165) is 39.5 Å². The summed E-state index contributed by atoms with van der Waals surface area (Å²) in [5.41, 5.74) is 2.48. The van der Waals surface area contributed by atoms with Gasteiger partial charge >= 0.3 is 11.9 Å². The van der Waals surface area contributed by atoms with Gasteiger partial charge in [-0.05, 0) is 42.9 Å². The summed E-state index contributed by atoms with van der Waals surface area (Å²) < 4.78 is 2.96. The quantitative estimate of drug-likeness (QED) is 0.803. The van der Waals surface area contributed by atoms with E-state index in [-0.39, 0.29) is 18.3 Å². The minimum atomic E-state index is -0.866. The lowest BCUT2D eigenvalue weighted by atomic mass is 10.0. The molecule has 0 spiro atoms. The van der Waals surface area contributed by atoms with Crippen LogP contribution in [0.2, 0.25) is 0 Å². The Morgan fingerprint density at radius 2 is 1.96 bits per heavy atom. The predicted octanol–water partition coefficient (Wildman–Crippen LogP) is 3.59. The number of carboxylic acid groups (broad SMARTS) is 2. The zero-order valence-electron chi connectivity index (χ0n) is 12.8. The molecular weight excluding hydrogens is 362 g/mol. The highest BCUT2D eigenvalue weighted by Crippen LogP contribution is 2.51. The van der Waals surface area contributed by atoms with Gasteiger partial charge in [0.2, 0.25) is 0 Å². The van der Waals surface area contributed by atoms with E-state index in [9.17, 15) is 14.7 Å². The zero-order valence-corrected chi connectivity index (χ0v) is 14.4. The van der Waals surface area contributed by atoms with Crippen molar-refractivity contribution in [1.82, 2.24) is 4.57 Å². The number of nitrogens with zero attached hydrogens (tertiary/aromatic N) is 1. The first kappa shape index (κ1) is 16.1. The minimum absolute atomic E-state index is 0.0378. The van der Waals surface area contributed by atoms with Gasteiger partial charge in [0, 0.05) is 27.6 Å². The molecule has 0 amide bonds. The number of halogens is 1. The maximum Gasteiger partial charge on any atom is 0.307 e. The van der Waals surface area contributed by atoms with Gasteiger partial charge in [0.05, 0.1) is 12.8 Å². The first-order valence-corrected chi connectivity index (χ1v) is 8.32. The molecule has 1 heterocycles. The normalized spacial score (nSPS) is 15.7. The first-order valence-electron chi connectivity index (χ1n) is 7.53. The second-order valence-electron chi connectivity index (χ2n) is 6.43. The Kier molecular flexibility index (Phi) is 3.96. The van der Waals surface area contributed by atoms with Gasteiger partial charge in [0.25, 0.3) is 0 Å². The Hall–Kier alpha value is -1.82. The van der Waals surface area contributed by atoms with E-state index in [0.29, 0.717) is 6.54 Å². The number of aliphatic carboxylic acids is 2. The number of aromatic nitrogens is 1. The van der Waals surface area contributed by atoms with E-state index >= 15 is 0 Å². The summed E-state index contributed by atoms with van der Waals surface area (Å²) in [5, 5.41) is 19.3. The van der Waals surface area contributed by atoms with Crippen LogP contribution in [0.3, 0.4) is 0 Å². The molecular formula is C17H18BrNO4. The molecule has 0 atom stereocenters. The van der Waals surface area contributed by atoms with Crippen molar-refractivity contribution in [2.75, 3.05) is 0 Å². The van der Waals surface area contributed by atoms with E-state index in [1.165, 1.54) is 0 Å². The molecule has 1 saturated carbocycles. The maximum absolute atomic E-state index is 11.2. The van der Waals surface area contributed by atoms with E-state index in [2.05, 4.69) is 20.5 Å². The Morgan fingerprint density at radius 3 is 2.52 bits per heavy atom. The van der Waals surface area contributed by atoms with Gasteiger partial charge in [0.1, 0.15) is 0 Å². The van der Waals surface area contributed by atoms with Crippen LogP contribution in [-0.4, -0.2) is 26.7 Å². The van der Waals surface area contributed by atoms with Gasteiger partial charge in [-0.2, -0.15) is 0 Å². The third-order valence-corrected chi connectivity index (χ3v) is 5.39. The van der Waals surface area contributed by atoms with Crippen molar-refractivity contribution in [1.29, 1.82) is 0 Å². The maximum atomic E-state index is 11.2. The third-order valence-electron chi connectivity index (χ3n) is 4.73. The summed E-state index contributed by atoms with van der Waals surface area (Å²) in [7, 11) is 0. The molecule has 6 heteroatoms. The number of hydrogen-bond acceptors (Lipinski definition) is 2. The van der Waals surface area contributed by atoms with Crippen molar-refractivity contribution in [3.05, 3.63) is 33.9 Å². The largest absolute Gasteiger partial charge is 0.481 e. The fraction of sp³-hybridized carbons (Fsp3) is 0.412. The first-order chi connectivity index (χ1) is 10.8. The average Bonchev–Trinajstić information content (AvgIpc) is 3.15. The molecule has 122 valence electrons. The summed E-state index contributed by atoms with van der Waals surface area (Å²) >= 11 is 3.52. The lowest BCUT2D eigenvalue weighted by Gasteiger charge is -2.16. The molecule has 3 rings (SSSR count). The SMILES string of the molecule is Cc1c(CC(=O)O)c2c(Br)cccc2n1CC1(CC(=O)O)CC1. The number of hydrogen-bond donors (Lipinski definition) is 2. The Labute approximate surface area is 142 Å². The monoisotopic (exact) mass is 379 g/mol. The van der Waals surface area contributed by atoms with Crippen LogP contribution >= 0.6 is 15.9 Å². The highest BCUT2D eigenvalue weighted by Gasteiger charge is 2.45. The van der Waals surface area contributed by atoms with Gasteiger partial charge in [-0.3, -0.25) is 9.59 Å². The molecule has 0 saturated heterocycles. The van der Waals surface area contributed by atoms with Gasteiger partial charge in [-0.1, -0.05) is 22.0 Å². The summed E-state index contributed by atoms with van der Waals surface area (Å²) in [6.45, 7) is 2.54. The van der Waals surface area contributed by atoms with Crippen LogP contribution < -0.4 is 0 Å². The topological polar surface area (TPSA) is 79.5 Å². The number of carbonyl (C=O) groups is 2. The molecule has 1 aliphatic carbocycles. The zero-order chi connectivity index (χ0) is 16.8. The molecule has 0 aliphatic heterocycles. The predicted molar refractivity (Wildman–Crippen MR) is 89.6 cm³/mol. The number of carboxylic acids is 2. The molecule has 2 N–H and O–H groups in total. The van der Waals surface area contributed by atoms with Crippen LogP contribution in [0.15, 0.2) is 22.7 Å².